The van der Waals surface area contributed by atoms with Crippen LogP contribution in [0, 0.1) is 0 Å². The normalized spacial score (nSPS) is 12.5. The molecule has 3 nitrogen and oxygen atoms in total. The number of fused-ring (bicyclic) bond motifs is 1. The summed E-state index contributed by atoms with van der Waals surface area (Å²) in [4.78, 5) is 0. The minimum absolute atomic E-state index is 0.139. The molecular weight excluding hydrogens is 234 g/mol. The van der Waals surface area contributed by atoms with Crippen molar-refractivity contribution in [1.82, 2.24) is 15.5 Å². The Hall–Kier alpha value is -2.26. The van der Waals surface area contributed by atoms with Gasteiger partial charge in [0.1, 0.15) is 0 Å². The van der Waals surface area contributed by atoms with Crippen molar-refractivity contribution in [3.63, 3.8) is 0 Å². The molecule has 94 valence electrons. The van der Waals surface area contributed by atoms with E-state index in [0.717, 1.165) is 5.56 Å². The zero-order valence-corrected chi connectivity index (χ0v) is 10.7. The van der Waals surface area contributed by atoms with Gasteiger partial charge in [0.2, 0.25) is 0 Å². The van der Waals surface area contributed by atoms with Crippen LogP contribution in [0.1, 0.15) is 17.2 Å². The van der Waals surface area contributed by atoms with Gasteiger partial charge in [0, 0.05) is 6.20 Å². The molecule has 3 heteroatoms. The van der Waals surface area contributed by atoms with Crippen molar-refractivity contribution in [3.8, 4) is 0 Å². The maximum atomic E-state index is 3.95. The van der Waals surface area contributed by atoms with Gasteiger partial charge in [-0.15, -0.1) is 0 Å². The van der Waals surface area contributed by atoms with Crippen LogP contribution in [0.2, 0.25) is 0 Å². The molecule has 0 saturated heterocycles. The molecule has 3 aromatic rings. The third-order valence-electron chi connectivity index (χ3n) is 3.34. The maximum Gasteiger partial charge on any atom is 0.0591 e. The fraction of sp³-hybridized carbons (Fsp3) is 0.125. The van der Waals surface area contributed by atoms with Gasteiger partial charge in [-0.3, -0.25) is 0 Å². The summed E-state index contributed by atoms with van der Waals surface area (Å²) in [6, 6.07) is 17.0. The van der Waals surface area contributed by atoms with E-state index in [-0.39, 0.29) is 6.04 Å². The number of nitrogens with zero attached hydrogens (tertiary/aromatic N) is 2. The molecule has 1 heterocycles. The summed E-state index contributed by atoms with van der Waals surface area (Å²) >= 11 is 0. The predicted molar refractivity (Wildman–Crippen MR) is 76.9 cm³/mol. The van der Waals surface area contributed by atoms with Gasteiger partial charge in [-0.05, 0) is 41.1 Å². The smallest absolute Gasteiger partial charge is 0.0591 e. The van der Waals surface area contributed by atoms with Gasteiger partial charge >= 0.3 is 0 Å². The van der Waals surface area contributed by atoms with Crippen LogP contribution in [0.25, 0.3) is 10.8 Å². The van der Waals surface area contributed by atoms with Gasteiger partial charge in [-0.1, -0.05) is 36.4 Å². The molecule has 0 fully saturated rings. The molecule has 0 spiro atoms. The van der Waals surface area contributed by atoms with Gasteiger partial charge in [-0.25, -0.2) is 0 Å². The second-order valence-corrected chi connectivity index (χ2v) is 4.50. The highest BCUT2D eigenvalue weighted by Crippen LogP contribution is 2.24. The quantitative estimate of drug-likeness (QED) is 0.775. The van der Waals surface area contributed by atoms with E-state index in [9.17, 15) is 0 Å². The Morgan fingerprint density at radius 2 is 1.74 bits per heavy atom. The first kappa shape index (κ1) is 11.8. The SMILES string of the molecule is CNC(c1ccnnc1)c1ccc2ccccc2c1. The van der Waals surface area contributed by atoms with E-state index in [1.807, 2.05) is 13.1 Å². The number of aromatic nitrogens is 2. The molecule has 0 bridgehead atoms. The van der Waals surface area contributed by atoms with Gasteiger partial charge in [0.15, 0.2) is 0 Å². The van der Waals surface area contributed by atoms with Crippen molar-refractivity contribution in [1.29, 1.82) is 0 Å². The Morgan fingerprint density at radius 1 is 0.895 bits per heavy atom. The minimum atomic E-state index is 0.139. The highest BCUT2D eigenvalue weighted by molar-refractivity contribution is 5.83. The van der Waals surface area contributed by atoms with Crippen molar-refractivity contribution in [2.75, 3.05) is 7.05 Å². The van der Waals surface area contributed by atoms with Crippen LogP contribution in [0.5, 0.6) is 0 Å². The molecule has 1 N–H and O–H groups in total. The van der Waals surface area contributed by atoms with E-state index in [1.54, 1.807) is 12.4 Å². The first-order valence-electron chi connectivity index (χ1n) is 6.31. The van der Waals surface area contributed by atoms with Crippen LogP contribution in [-0.2, 0) is 0 Å². The third-order valence-corrected chi connectivity index (χ3v) is 3.34. The second kappa shape index (κ2) is 5.16. The zero-order valence-electron chi connectivity index (χ0n) is 10.7. The van der Waals surface area contributed by atoms with Crippen LogP contribution >= 0.6 is 0 Å². The Balaban J connectivity index is 2.06. The Bertz CT molecular complexity index is 680. The summed E-state index contributed by atoms with van der Waals surface area (Å²) in [5.41, 5.74) is 2.35. The first-order chi connectivity index (χ1) is 9.38. The summed E-state index contributed by atoms with van der Waals surface area (Å²) in [5.74, 6) is 0. The minimum Gasteiger partial charge on any atom is -0.309 e. The highest BCUT2D eigenvalue weighted by atomic mass is 15.1. The summed E-state index contributed by atoms with van der Waals surface area (Å²) in [7, 11) is 1.96. The molecule has 0 aliphatic carbocycles. The van der Waals surface area contributed by atoms with Crippen LogP contribution in [0.3, 0.4) is 0 Å². The predicted octanol–water partition coefficient (Wildman–Crippen LogP) is 2.94. The van der Waals surface area contributed by atoms with Crippen LogP contribution in [-0.4, -0.2) is 17.2 Å². The molecular formula is C16H15N3. The molecule has 0 aliphatic rings. The first-order valence-corrected chi connectivity index (χ1v) is 6.31. The molecule has 2 aromatic carbocycles. The van der Waals surface area contributed by atoms with E-state index < -0.39 is 0 Å². The topological polar surface area (TPSA) is 37.8 Å². The summed E-state index contributed by atoms with van der Waals surface area (Å²) in [5, 5.41) is 13.6. The van der Waals surface area contributed by atoms with Gasteiger partial charge in [0.25, 0.3) is 0 Å². The van der Waals surface area contributed by atoms with Crippen molar-refractivity contribution < 1.29 is 0 Å². The molecule has 0 amide bonds. The molecule has 19 heavy (non-hydrogen) atoms. The molecule has 1 aromatic heterocycles. The maximum absolute atomic E-state index is 3.95. The standard InChI is InChI=1S/C16H15N3/c1-17-16(15-8-9-18-19-11-15)14-7-6-12-4-2-3-5-13(12)10-14/h2-11,16-17H,1H3. The molecule has 0 aliphatic heterocycles. The fourth-order valence-corrected chi connectivity index (χ4v) is 2.38. The number of hydrogen-bond donors (Lipinski definition) is 1. The molecule has 1 atom stereocenters. The Labute approximate surface area is 112 Å². The summed E-state index contributed by atoms with van der Waals surface area (Å²) in [6.45, 7) is 0. The van der Waals surface area contributed by atoms with E-state index in [1.165, 1.54) is 16.3 Å². The van der Waals surface area contributed by atoms with Gasteiger partial charge < -0.3 is 5.32 Å². The average molecular weight is 249 g/mol. The van der Waals surface area contributed by atoms with E-state index in [2.05, 4.69) is 58.0 Å². The van der Waals surface area contributed by atoms with Crippen molar-refractivity contribution in [2.24, 2.45) is 0 Å². The molecule has 3 rings (SSSR count). The van der Waals surface area contributed by atoms with Gasteiger partial charge in [-0.2, -0.15) is 10.2 Å². The third kappa shape index (κ3) is 2.33. The van der Waals surface area contributed by atoms with E-state index >= 15 is 0 Å². The van der Waals surface area contributed by atoms with Crippen LogP contribution < -0.4 is 5.32 Å². The lowest BCUT2D eigenvalue weighted by Crippen LogP contribution is -2.17. The average Bonchev–Trinajstić information content (AvgIpc) is 2.49. The Kier molecular flexibility index (Phi) is 3.21. The number of rotatable bonds is 3. The monoisotopic (exact) mass is 249 g/mol. The molecule has 0 saturated carbocycles. The molecule has 1 unspecified atom stereocenters. The molecule has 0 radical (unpaired) electrons. The van der Waals surface area contributed by atoms with Crippen molar-refractivity contribution >= 4 is 10.8 Å². The lowest BCUT2D eigenvalue weighted by molar-refractivity contribution is 0.686. The fourth-order valence-electron chi connectivity index (χ4n) is 2.38. The van der Waals surface area contributed by atoms with E-state index in [4.69, 9.17) is 0 Å². The second-order valence-electron chi connectivity index (χ2n) is 4.50. The zero-order chi connectivity index (χ0) is 13.1. The van der Waals surface area contributed by atoms with Crippen molar-refractivity contribution in [3.05, 3.63) is 72.1 Å². The van der Waals surface area contributed by atoms with Crippen LogP contribution in [0.4, 0.5) is 0 Å². The summed E-state index contributed by atoms with van der Waals surface area (Å²) in [6.07, 6.45) is 3.52. The van der Waals surface area contributed by atoms with Gasteiger partial charge in [0.05, 0.1) is 12.2 Å². The highest BCUT2D eigenvalue weighted by Gasteiger charge is 2.12. The lowest BCUT2D eigenvalue weighted by Gasteiger charge is -2.17. The lowest BCUT2D eigenvalue weighted by atomic mass is 9.98. The Morgan fingerprint density at radius 3 is 2.47 bits per heavy atom. The number of nitrogens with one attached hydrogen (secondary N) is 1. The van der Waals surface area contributed by atoms with E-state index in [0.29, 0.717) is 0 Å². The van der Waals surface area contributed by atoms with Crippen LogP contribution in [0.15, 0.2) is 60.9 Å². The number of hydrogen-bond acceptors (Lipinski definition) is 3. The largest absolute Gasteiger partial charge is 0.309 e. The summed E-state index contributed by atoms with van der Waals surface area (Å²) < 4.78 is 0. The van der Waals surface area contributed by atoms with Crippen molar-refractivity contribution in [2.45, 2.75) is 6.04 Å². The number of benzene rings is 2.